The fraction of sp³-hybridized carbons (Fsp3) is 0.381. The molecule has 0 radical (unpaired) electrons. The molecule has 0 spiro atoms. The first-order valence-corrected chi connectivity index (χ1v) is 9.16. The second kappa shape index (κ2) is 8.81. The van der Waals surface area contributed by atoms with Crippen molar-refractivity contribution < 1.29 is 9.13 Å². The van der Waals surface area contributed by atoms with Gasteiger partial charge in [-0.3, -0.25) is 0 Å². The first-order chi connectivity index (χ1) is 12.6. The predicted molar refractivity (Wildman–Crippen MR) is 103 cm³/mol. The average Bonchev–Trinajstić information content (AvgIpc) is 2.98. The van der Waals surface area contributed by atoms with E-state index in [1.54, 1.807) is 12.1 Å². The van der Waals surface area contributed by atoms with Gasteiger partial charge in [-0.25, -0.2) is 9.37 Å². The van der Waals surface area contributed by atoms with Crippen LogP contribution in [-0.2, 0) is 13.1 Å². The van der Waals surface area contributed by atoms with Crippen LogP contribution in [0.1, 0.15) is 26.1 Å². The third-order valence-electron chi connectivity index (χ3n) is 4.31. The Balaban J connectivity index is 1.66. The minimum Gasteiger partial charge on any atom is -0.492 e. The van der Waals surface area contributed by atoms with Crippen LogP contribution in [-0.4, -0.2) is 22.7 Å². The summed E-state index contributed by atoms with van der Waals surface area (Å²) in [5.41, 5.74) is 2.10. The van der Waals surface area contributed by atoms with Crippen molar-refractivity contribution in [2.75, 3.05) is 13.2 Å². The normalized spacial score (nSPS) is 11.4. The summed E-state index contributed by atoms with van der Waals surface area (Å²) in [6.45, 7) is 7.36. The molecule has 1 aromatic heterocycles. The molecular formula is C21H26FN3O. The maximum atomic E-state index is 13.0. The van der Waals surface area contributed by atoms with E-state index >= 15 is 0 Å². The van der Waals surface area contributed by atoms with Gasteiger partial charge in [-0.05, 0) is 55.3 Å². The molecule has 0 unspecified atom stereocenters. The number of hydrogen-bond acceptors (Lipinski definition) is 3. The van der Waals surface area contributed by atoms with Crippen LogP contribution in [0, 0.1) is 11.7 Å². The fourth-order valence-corrected chi connectivity index (χ4v) is 2.89. The maximum Gasteiger partial charge on any atom is 0.124 e. The van der Waals surface area contributed by atoms with Gasteiger partial charge in [-0.15, -0.1) is 0 Å². The Bertz CT molecular complexity index is 827. The maximum absolute atomic E-state index is 13.0. The van der Waals surface area contributed by atoms with Crippen molar-refractivity contribution in [2.24, 2.45) is 5.92 Å². The number of halogens is 1. The lowest BCUT2D eigenvalue weighted by Crippen LogP contribution is -2.20. The standard InChI is InChI=1S/C21H26FN3O/c1-16(2)11-12-23-15-21-24-19-5-3-4-6-20(19)25(21)13-14-26-18-9-7-17(22)8-10-18/h3-10,16,23H,11-15H2,1-2H3. The predicted octanol–water partition coefficient (Wildman–Crippen LogP) is 4.39. The SMILES string of the molecule is CC(C)CCNCc1nc2ccccc2n1CCOc1ccc(F)cc1. The molecule has 0 bridgehead atoms. The monoisotopic (exact) mass is 355 g/mol. The van der Waals surface area contributed by atoms with Gasteiger partial charge in [-0.1, -0.05) is 26.0 Å². The molecule has 3 aromatic rings. The summed E-state index contributed by atoms with van der Waals surface area (Å²) in [6, 6.07) is 14.3. The van der Waals surface area contributed by atoms with Crippen LogP contribution >= 0.6 is 0 Å². The highest BCUT2D eigenvalue weighted by atomic mass is 19.1. The van der Waals surface area contributed by atoms with E-state index in [1.807, 2.05) is 18.2 Å². The molecule has 0 fully saturated rings. The van der Waals surface area contributed by atoms with Gasteiger partial charge in [0.25, 0.3) is 0 Å². The van der Waals surface area contributed by atoms with Crippen molar-refractivity contribution in [3.63, 3.8) is 0 Å². The van der Waals surface area contributed by atoms with E-state index in [9.17, 15) is 4.39 Å². The molecule has 0 aliphatic heterocycles. The molecular weight excluding hydrogens is 329 g/mol. The largest absolute Gasteiger partial charge is 0.492 e. The van der Waals surface area contributed by atoms with Crippen LogP contribution in [0.15, 0.2) is 48.5 Å². The topological polar surface area (TPSA) is 39.1 Å². The van der Waals surface area contributed by atoms with Gasteiger partial charge in [-0.2, -0.15) is 0 Å². The average molecular weight is 355 g/mol. The molecule has 0 saturated carbocycles. The van der Waals surface area contributed by atoms with Gasteiger partial charge >= 0.3 is 0 Å². The summed E-state index contributed by atoms with van der Waals surface area (Å²) in [6.07, 6.45) is 1.15. The lowest BCUT2D eigenvalue weighted by Gasteiger charge is -2.12. The number of nitrogens with one attached hydrogen (secondary N) is 1. The van der Waals surface area contributed by atoms with Crippen LogP contribution in [0.25, 0.3) is 11.0 Å². The highest BCUT2D eigenvalue weighted by molar-refractivity contribution is 5.75. The Hall–Kier alpha value is -2.40. The fourth-order valence-electron chi connectivity index (χ4n) is 2.89. The van der Waals surface area contributed by atoms with Crippen molar-refractivity contribution >= 4 is 11.0 Å². The first kappa shape index (κ1) is 18.4. The molecule has 1 heterocycles. The Kier molecular flexibility index (Phi) is 6.23. The van der Waals surface area contributed by atoms with Crippen molar-refractivity contribution in [1.82, 2.24) is 14.9 Å². The van der Waals surface area contributed by atoms with Gasteiger partial charge in [0.2, 0.25) is 0 Å². The minimum absolute atomic E-state index is 0.257. The number of nitrogens with zero attached hydrogens (tertiary/aromatic N) is 2. The number of rotatable bonds is 9. The molecule has 1 N–H and O–H groups in total. The van der Waals surface area contributed by atoms with E-state index < -0.39 is 0 Å². The highest BCUT2D eigenvalue weighted by Crippen LogP contribution is 2.17. The highest BCUT2D eigenvalue weighted by Gasteiger charge is 2.10. The number of ether oxygens (including phenoxy) is 1. The zero-order valence-electron chi connectivity index (χ0n) is 15.4. The van der Waals surface area contributed by atoms with Gasteiger partial charge < -0.3 is 14.6 Å². The Labute approximate surface area is 154 Å². The molecule has 5 heteroatoms. The summed E-state index contributed by atoms with van der Waals surface area (Å²) < 4.78 is 20.9. The van der Waals surface area contributed by atoms with E-state index in [-0.39, 0.29) is 5.82 Å². The van der Waals surface area contributed by atoms with Gasteiger partial charge in [0.15, 0.2) is 0 Å². The van der Waals surface area contributed by atoms with Crippen molar-refractivity contribution in [3.8, 4) is 5.75 Å². The molecule has 0 aliphatic carbocycles. The van der Waals surface area contributed by atoms with Crippen molar-refractivity contribution in [1.29, 1.82) is 0 Å². The third kappa shape index (κ3) is 4.82. The number of benzene rings is 2. The minimum atomic E-state index is -0.257. The number of fused-ring (bicyclic) bond motifs is 1. The van der Waals surface area contributed by atoms with E-state index in [4.69, 9.17) is 9.72 Å². The molecule has 0 saturated heterocycles. The quantitative estimate of drug-likeness (QED) is 0.579. The number of para-hydroxylation sites is 2. The Morgan fingerprint density at radius 2 is 1.88 bits per heavy atom. The zero-order chi connectivity index (χ0) is 18.4. The smallest absolute Gasteiger partial charge is 0.124 e. The molecule has 0 amide bonds. The van der Waals surface area contributed by atoms with Crippen LogP contribution < -0.4 is 10.1 Å². The third-order valence-corrected chi connectivity index (χ3v) is 4.31. The summed E-state index contributed by atoms with van der Waals surface area (Å²) >= 11 is 0. The molecule has 4 nitrogen and oxygen atoms in total. The second-order valence-corrected chi connectivity index (χ2v) is 6.83. The van der Waals surface area contributed by atoms with Crippen LogP contribution in [0.3, 0.4) is 0 Å². The lowest BCUT2D eigenvalue weighted by atomic mass is 10.1. The number of hydrogen-bond donors (Lipinski definition) is 1. The number of imidazole rings is 1. The first-order valence-electron chi connectivity index (χ1n) is 9.16. The summed E-state index contributed by atoms with van der Waals surface area (Å²) in [5.74, 6) is 2.11. The van der Waals surface area contributed by atoms with Gasteiger partial charge in [0.05, 0.1) is 24.1 Å². The summed E-state index contributed by atoms with van der Waals surface area (Å²) in [4.78, 5) is 4.76. The van der Waals surface area contributed by atoms with E-state index in [0.29, 0.717) is 24.8 Å². The molecule has 0 aliphatic rings. The van der Waals surface area contributed by atoms with E-state index in [2.05, 4.69) is 29.8 Å². The number of aromatic nitrogens is 2. The molecule has 26 heavy (non-hydrogen) atoms. The second-order valence-electron chi connectivity index (χ2n) is 6.83. The van der Waals surface area contributed by atoms with Gasteiger partial charge in [0, 0.05) is 0 Å². The Morgan fingerprint density at radius 1 is 1.12 bits per heavy atom. The van der Waals surface area contributed by atoms with Crippen molar-refractivity contribution in [3.05, 3.63) is 60.2 Å². The van der Waals surface area contributed by atoms with Crippen LogP contribution in [0.4, 0.5) is 4.39 Å². The summed E-state index contributed by atoms with van der Waals surface area (Å²) in [7, 11) is 0. The molecule has 2 aromatic carbocycles. The molecule has 3 rings (SSSR count). The van der Waals surface area contributed by atoms with E-state index in [1.165, 1.54) is 12.1 Å². The molecule has 0 atom stereocenters. The molecule has 138 valence electrons. The Morgan fingerprint density at radius 3 is 2.65 bits per heavy atom. The van der Waals surface area contributed by atoms with Gasteiger partial charge in [0.1, 0.15) is 24.0 Å². The zero-order valence-corrected chi connectivity index (χ0v) is 15.4. The van der Waals surface area contributed by atoms with Crippen molar-refractivity contribution in [2.45, 2.75) is 33.4 Å². The summed E-state index contributed by atoms with van der Waals surface area (Å²) in [5, 5.41) is 3.48. The lowest BCUT2D eigenvalue weighted by molar-refractivity contribution is 0.297. The van der Waals surface area contributed by atoms with Crippen LogP contribution in [0.2, 0.25) is 0 Å². The van der Waals surface area contributed by atoms with E-state index in [0.717, 1.165) is 36.4 Å². The van der Waals surface area contributed by atoms with Crippen LogP contribution in [0.5, 0.6) is 5.75 Å².